The minimum absolute atomic E-state index is 0.0162. The van der Waals surface area contributed by atoms with E-state index in [-0.39, 0.29) is 11.7 Å². The van der Waals surface area contributed by atoms with Crippen molar-refractivity contribution in [2.45, 2.75) is 0 Å². The predicted molar refractivity (Wildman–Crippen MR) is 75.2 cm³/mol. The molecule has 3 rings (SSSR count). The summed E-state index contributed by atoms with van der Waals surface area (Å²) in [5, 5.41) is 23.2. The second-order valence-corrected chi connectivity index (χ2v) is 4.28. The molecule has 0 aliphatic heterocycles. The zero-order chi connectivity index (χ0) is 14.7. The van der Waals surface area contributed by atoms with Crippen molar-refractivity contribution in [3.05, 3.63) is 60.4 Å². The average Bonchev–Trinajstić information content (AvgIpc) is 3.04. The Bertz CT molecular complexity index is 771. The van der Waals surface area contributed by atoms with E-state index in [0.29, 0.717) is 16.9 Å². The fraction of sp³-hybridized carbons (Fsp3) is 0. The van der Waals surface area contributed by atoms with Crippen LogP contribution in [0.2, 0.25) is 0 Å². The van der Waals surface area contributed by atoms with Gasteiger partial charge in [0.1, 0.15) is 12.1 Å². The summed E-state index contributed by atoms with van der Waals surface area (Å²) >= 11 is 0. The maximum absolute atomic E-state index is 12.2. The molecule has 0 radical (unpaired) electrons. The zero-order valence-corrected chi connectivity index (χ0v) is 10.8. The molecule has 7 nitrogen and oxygen atoms in total. The van der Waals surface area contributed by atoms with Gasteiger partial charge in [-0.15, -0.1) is 5.10 Å². The molecule has 0 bridgehead atoms. The lowest BCUT2D eigenvalue weighted by atomic mass is 10.2. The Labute approximate surface area is 119 Å². The maximum Gasteiger partial charge on any atom is 0.255 e. The molecule has 0 saturated carbocycles. The van der Waals surface area contributed by atoms with Crippen LogP contribution in [0, 0.1) is 0 Å². The van der Waals surface area contributed by atoms with Crippen LogP contribution in [-0.4, -0.2) is 31.2 Å². The number of para-hydroxylation sites is 2. The third-order valence-electron chi connectivity index (χ3n) is 2.87. The molecule has 1 heterocycles. The largest absolute Gasteiger partial charge is 0.506 e. The van der Waals surface area contributed by atoms with Crippen LogP contribution in [0.1, 0.15) is 10.4 Å². The second-order valence-electron chi connectivity index (χ2n) is 4.28. The predicted octanol–water partition coefficient (Wildman–Crippen LogP) is 1.62. The molecule has 0 aliphatic rings. The van der Waals surface area contributed by atoms with E-state index in [1.54, 1.807) is 42.5 Å². The number of anilines is 1. The Hall–Kier alpha value is -3.22. The number of tetrazole rings is 1. The van der Waals surface area contributed by atoms with Crippen molar-refractivity contribution in [3.8, 4) is 11.4 Å². The zero-order valence-electron chi connectivity index (χ0n) is 10.8. The molecule has 0 spiro atoms. The lowest BCUT2D eigenvalue weighted by Crippen LogP contribution is -2.12. The molecule has 7 heteroatoms. The first-order chi connectivity index (χ1) is 10.2. The van der Waals surface area contributed by atoms with Crippen LogP contribution in [0.15, 0.2) is 54.9 Å². The van der Waals surface area contributed by atoms with Crippen molar-refractivity contribution in [2.75, 3.05) is 5.32 Å². The number of hydrogen-bond donors (Lipinski definition) is 2. The van der Waals surface area contributed by atoms with E-state index in [0.717, 1.165) is 0 Å². The number of hydrogen-bond acceptors (Lipinski definition) is 5. The highest BCUT2D eigenvalue weighted by Crippen LogP contribution is 2.22. The molecule has 0 fully saturated rings. The van der Waals surface area contributed by atoms with E-state index in [9.17, 15) is 9.90 Å². The van der Waals surface area contributed by atoms with Gasteiger partial charge in [-0.05, 0) is 40.8 Å². The topological polar surface area (TPSA) is 92.9 Å². The van der Waals surface area contributed by atoms with Crippen molar-refractivity contribution in [1.82, 2.24) is 20.2 Å². The fourth-order valence-corrected chi connectivity index (χ4v) is 1.84. The standard InChI is InChI=1S/C14H11N5O2/c20-13-7-2-1-6-12(13)16-14(21)10-4-3-5-11(8-10)19-9-15-17-18-19/h1-9,20H,(H,16,21). The second kappa shape index (κ2) is 5.41. The smallest absolute Gasteiger partial charge is 0.255 e. The van der Waals surface area contributed by atoms with Gasteiger partial charge < -0.3 is 10.4 Å². The normalized spacial score (nSPS) is 10.3. The molecule has 1 amide bonds. The number of aromatic hydroxyl groups is 1. The average molecular weight is 281 g/mol. The van der Waals surface area contributed by atoms with E-state index in [4.69, 9.17) is 0 Å². The van der Waals surface area contributed by atoms with Gasteiger partial charge in [0.15, 0.2) is 0 Å². The Morgan fingerprint density at radius 1 is 1.14 bits per heavy atom. The van der Waals surface area contributed by atoms with Crippen LogP contribution in [0.5, 0.6) is 5.75 Å². The van der Waals surface area contributed by atoms with Gasteiger partial charge in [0, 0.05) is 5.56 Å². The molecule has 0 atom stereocenters. The van der Waals surface area contributed by atoms with E-state index in [1.165, 1.54) is 17.1 Å². The van der Waals surface area contributed by atoms with Crippen LogP contribution in [-0.2, 0) is 0 Å². The molecule has 0 saturated heterocycles. The van der Waals surface area contributed by atoms with Gasteiger partial charge >= 0.3 is 0 Å². The van der Waals surface area contributed by atoms with E-state index >= 15 is 0 Å². The highest BCUT2D eigenvalue weighted by atomic mass is 16.3. The number of phenolic OH excluding ortho intramolecular Hbond substituents is 1. The van der Waals surface area contributed by atoms with E-state index in [2.05, 4.69) is 20.8 Å². The molecule has 0 aliphatic carbocycles. The molecule has 1 aromatic heterocycles. The van der Waals surface area contributed by atoms with Gasteiger partial charge in [0.25, 0.3) is 5.91 Å². The molecule has 0 unspecified atom stereocenters. The number of aromatic nitrogens is 4. The fourth-order valence-electron chi connectivity index (χ4n) is 1.84. The summed E-state index contributed by atoms with van der Waals surface area (Å²) in [6.45, 7) is 0. The summed E-state index contributed by atoms with van der Waals surface area (Å²) in [7, 11) is 0. The van der Waals surface area contributed by atoms with Gasteiger partial charge in [-0.25, -0.2) is 4.68 Å². The van der Waals surface area contributed by atoms with E-state index in [1.807, 2.05) is 0 Å². The highest BCUT2D eigenvalue weighted by molar-refractivity contribution is 6.05. The third kappa shape index (κ3) is 2.71. The Balaban J connectivity index is 1.85. The molecule has 2 N–H and O–H groups in total. The summed E-state index contributed by atoms with van der Waals surface area (Å²) in [5.41, 5.74) is 1.46. The number of benzene rings is 2. The maximum atomic E-state index is 12.2. The summed E-state index contributed by atoms with van der Waals surface area (Å²) in [6, 6.07) is 13.4. The Kier molecular flexibility index (Phi) is 3.30. The lowest BCUT2D eigenvalue weighted by Gasteiger charge is -2.08. The highest BCUT2D eigenvalue weighted by Gasteiger charge is 2.09. The van der Waals surface area contributed by atoms with Crippen molar-refractivity contribution in [2.24, 2.45) is 0 Å². The number of phenols is 1. The van der Waals surface area contributed by atoms with Gasteiger partial charge in [-0.1, -0.05) is 18.2 Å². The summed E-state index contributed by atoms with van der Waals surface area (Å²) in [6.07, 6.45) is 1.44. The van der Waals surface area contributed by atoms with Crippen LogP contribution in [0.25, 0.3) is 5.69 Å². The van der Waals surface area contributed by atoms with Crippen LogP contribution in [0.3, 0.4) is 0 Å². The monoisotopic (exact) mass is 281 g/mol. The molecular weight excluding hydrogens is 270 g/mol. The number of carbonyl (C=O) groups excluding carboxylic acids is 1. The minimum Gasteiger partial charge on any atom is -0.506 e. The Morgan fingerprint density at radius 3 is 2.76 bits per heavy atom. The van der Waals surface area contributed by atoms with Crippen LogP contribution in [0.4, 0.5) is 5.69 Å². The quantitative estimate of drug-likeness (QED) is 0.712. The SMILES string of the molecule is O=C(Nc1ccccc1O)c1cccc(-n2cnnn2)c1. The molecular formula is C14H11N5O2. The number of nitrogens with zero attached hydrogens (tertiary/aromatic N) is 4. The molecule has 2 aromatic carbocycles. The first-order valence-electron chi connectivity index (χ1n) is 6.17. The number of rotatable bonds is 3. The van der Waals surface area contributed by atoms with Crippen molar-refractivity contribution in [1.29, 1.82) is 0 Å². The first-order valence-corrected chi connectivity index (χ1v) is 6.17. The van der Waals surface area contributed by atoms with Gasteiger partial charge in [-0.3, -0.25) is 4.79 Å². The van der Waals surface area contributed by atoms with Crippen molar-refractivity contribution < 1.29 is 9.90 Å². The summed E-state index contributed by atoms with van der Waals surface area (Å²) < 4.78 is 1.46. The minimum atomic E-state index is -0.327. The van der Waals surface area contributed by atoms with Gasteiger partial charge in [-0.2, -0.15) is 0 Å². The van der Waals surface area contributed by atoms with Crippen LogP contribution >= 0.6 is 0 Å². The molecule has 104 valence electrons. The number of carbonyl (C=O) groups is 1. The van der Waals surface area contributed by atoms with Crippen LogP contribution < -0.4 is 5.32 Å². The number of nitrogens with one attached hydrogen (secondary N) is 1. The van der Waals surface area contributed by atoms with Crippen molar-refractivity contribution in [3.63, 3.8) is 0 Å². The summed E-state index contributed by atoms with van der Waals surface area (Å²) in [5.74, 6) is -0.311. The van der Waals surface area contributed by atoms with Gasteiger partial charge in [0.05, 0.1) is 11.4 Å². The Morgan fingerprint density at radius 2 is 2.00 bits per heavy atom. The molecule has 21 heavy (non-hydrogen) atoms. The van der Waals surface area contributed by atoms with Gasteiger partial charge in [0.2, 0.25) is 0 Å². The lowest BCUT2D eigenvalue weighted by molar-refractivity contribution is 0.102. The third-order valence-corrected chi connectivity index (χ3v) is 2.87. The number of amides is 1. The molecule has 3 aromatic rings. The van der Waals surface area contributed by atoms with E-state index < -0.39 is 0 Å². The summed E-state index contributed by atoms with van der Waals surface area (Å²) in [4.78, 5) is 12.2. The first kappa shape index (κ1) is 12.8. The van der Waals surface area contributed by atoms with Crippen molar-refractivity contribution >= 4 is 11.6 Å².